The number of benzene rings is 2. The van der Waals surface area contributed by atoms with Crippen LogP contribution in [0.15, 0.2) is 48.5 Å². The molecule has 0 aliphatic rings. The lowest BCUT2D eigenvalue weighted by molar-refractivity contribution is -0.117. The quantitative estimate of drug-likeness (QED) is 0.853. The molecule has 1 amide bonds. The molecule has 0 aliphatic heterocycles. The van der Waals surface area contributed by atoms with Gasteiger partial charge in [-0.3, -0.25) is 9.69 Å². The average molecular weight is 312 g/mol. The fourth-order valence-corrected chi connectivity index (χ4v) is 2.19. The van der Waals surface area contributed by atoms with Crippen LogP contribution in [0.3, 0.4) is 0 Å². The van der Waals surface area contributed by atoms with E-state index in [1.165, 1.54) is 11.1 Å². The molecule has 0 heterocycles. The third-order valence-corrected chi connectivity index (χ3v) is 3.48. The molecular formula is C19H24N2O2. The van der Waals surface area contributed by atoms with E-state index in [1.54, 1.807) is 0 Å². The lowest BCUT2D eigenvalue weighted by Gasteiger charge is -2.17. The number of anilines is 1. The van der Waals surface area contributed by atoms with E-state index >= 15 is 0 Å². The molecule has 0 atom stereocenters. The Morgan fingerprint density at radius 2 is 1.83 bits per heavy atom. The summed E-state index contributed by atoms with van der Waals surface area (Å²) < 4.78 is 5.70. The highest BCUT2D eigenvalue weighted by Gasteiger charge is 2.07. The van der Waals surface area contributed by atoms with Gasteiger partial charge in [0.05, 0.1) is 6.54 Å². The van der Waals surface area contributed by atoms with Crippen molar-refractivity contribution in [2.45, 2.75) is 13.8 Å². The van der Waals surface area contributed by atoms with Crippen LogP contribution in [0.25, 0.3) is 0 Å². The number of nitrogens with zero attached hydrogens (tertiary/aromatic N) is 1. The molecule has 4 heteroatoms. The van der Waals surface area contributed by atoms with Crippen molar-refractivity contribution in [2.75, 3.05) is 32.1 Å². The normalized spacial score (nSPS) is 10.6. The highest BCUT2D eigenvalue weighted by Crippen LogP contribution is 2.12. The zero-order valence-electron chi connectivity index (χ0n) is 14.0. The van der Waals surface area contributed by atoms with Gasteiger partial charge in [-0.15, -0.1) is 0 Å². The number of nitrogens with one attached hydrogen (secondary N) is 1. The van der Waals surface area contributed by atoms with Crippen molar-refractivity contribution in [3.05, 3.63) is 59.7 Å². The largest absolute Gasteiger partial charge is 0.492 e. The Balaban J connectivity index is 1.70. The molecule has 0 aromatic heterocycles. The van der Waals surface area contributed by atoms with Gasteiger partial charge in [-0.25, -0.2) is 0 Å². The molecule has 0 spiro atoms. The summed E-state index contributed by atoms with van der Waals surface area (Å²) in [5, 5.41) is 2.89. The number of amides is 1. The summed E-state index contributed by atoms with van der Waals surface area (Å²) in [4.78, 5) is 13.9. The molecule has 2 rings (SSSR count). The minimum atomic E-state index is -0.0214. The standard InChI is InChI=1S/C19H24N2O2/c1-15-7-9-17(10-8-15)20-19(22)14-21(3)11-12-23-18-6-4-5-16(2)13-18/h4-10,13H,11-12,14H2,1-3H3,(H,20,22). The maximum atomic E-state index is 12.0. The van der Waals surface area contributed by atoms with E-state index in [0.29, 0.717) is 19.7 Å². The Bertz CT molecular complexity index is 638. The summed E-state index contributed by atoms with van der Waals surface area (Å²) in [6.45, 7) is 5.64. The average Bonchev–Trinajstić information content (AvgIpc) is 2.49. The third-order valence-electron chi connectivity index (χ3n) is 3.48. The second kappa shape index (κ2) is 8.34. The van der Waals surface area contributed by atoms with Gasteiger partial charge in [-0.1, -0.05) is 29.8 Å². The second-order valence-electron chi connectivity index (χ2n) is 5.82. The molecule has 0 aliphatic carbocycles. The number of rotatable bonds is 7. The summed E-state index contributed by atoms with van der Waals surface area (Å²) >= 11 is 0. The molecule has 0 bridgehead atoms. The highest BCUT2D eigenvalue weighted by atomic mass is 16.5. The van der Waals surface area contributed by atoms with Gasteiger partial charge < -0.3 is 10.1 Å². The van der Waals surface area contributed by atoms with E-state index in [4.69, 9.17) is 4.74 Å². The fraction of sp³-hybridized carbons (Fsp3) is 0.316. The number of hydrogen-bond acceptors (Lipinski definition) is 3. The second-order valence-corrected chi connectivity index (χ2v) is 5.82. The van der Waals surface area contributed by atoms with Crippen molar-refractivity contribution in [1.29, 1.82) is 0 Å². The lowest BCUT2D eigenvalue weighted by Crippen LogP contribution is -2.33. The molecule has 2 aromatic carbocycles. The Labute approximate surface area is 138 Å². The first-order valence-corrected chi connectivity index (χ1v) is 7.77. The van der Waals surface area contributed by atoms with E-state index in [2.05, 4.69) is 5.32 Å². The first kappa shape index (κ1) is 17.0. The minimum Gasteiger partial charge on any atom is -0.492 e. The molecule has 4 nitrogen and oxygen atoms in total. The Morgan fingerprint density at radius 3 is 2.52 bits per heavy atom. The smallest absolute Gasteiger partial charge is 0.238 e. The van der Waals surface area contributed by atoms with E-state index in [0.717, 1.165) is 11.4 Å². The van der Waals surface area contributed by atoms with Crippen molar-refractivity contribution in [3.63, 3.8) is 0 Å². The van der Waals surface area contributed by atoms with Crippen LogP contribution in [0, 0.1) is 13.8 Å². The lowest BCUT2D eigenvalue weighted by atomic mass is 10.2. The van der Waals surface area contributed by atoms with Gasteiger partial charge in [0.1, 0.15) is 12.4 Å². The van der Waals surface area contributed by atoms with E-state index in [9.17, 15) is 4.79 Å². The van der Waals surface area contributed by atoms with Crippen molar-refractivity contribution in [2.24, 2.45) is 0 Å². The Kier molecular flexibility index (Phi) is 6.18. The zero-order valence-corrected chi connectivity index (χ0v) is 14.0. The number of ether oxygens (including phenoxy) is 1. The van der Waals surface area contributed by atoms with Gasteiger partial charge in [0, 0.05) is 12.2 Å². The van der Waals surface area contributed by atoms with Crippen LogP contribution in [-0.2, 0) is 4.79 Å². The van der Waals surface area contributed by atoms with Gasteiger partial charge in [-0.2, -0.15) is 0 Å². The van der Waals surface area contributed by atoms with Crippen molar-refractivity contribution < 1.29 is 9.53 Å². The van der Waals surface area contributed by atoms with Crippen molar-refractivity contribution in [1.82, 2.24) is 4.90 Å². The van der Waals surface area contributed by atoms with Gasteiger partial charge in [-0.05, 0) is 50.7 Å². The highest BCUT2D eigenvalue weighted by molar-refractivity contribution is 5.92. The number of carbonyl (C=O) groups excluding carboxylic acids is 1. The molecule has 0 saturated carbocycles. The van der Waals surface area contributed by atoms with Gasteiger partial charge in [0.25, 0.3) is 0 Å². The van der Waals surface area contributed by atoms with Crippen LogP contribution in [0.2, 0.25) is 0 Å². The van der Waals surface area contributed by atoms with E-state index in [1.807, 2.05) is 74.3 Å². The van der Waals surface area contributed by atoms with Crippen LogP contribution in [0.5, 0.6) is 5.75 Å². The van der Waals surface area contributed by atoms with Gasteiger partial charge >= 0.3 is 0 Å². The Hall–Kier alpha value is -2.33. The molecule has 23 heavy (non-hydrogen) atoms. The van der Waals surface area contributed by atoms with Crippen LogP contribution < -0.4 is 10.1 Å². The fourth-order valence-electron chi connectivity index (χ4n) is 2.19. The molecular weight excluding hydrogens is 288 g/mol. The molecule has 0 fully saturated rings. The molecule has 0 saturated heterocycles. The predicted molar refractivity (Wildman–Crippen MR) is 94.0 cm³/mol. The maximum absolute atomic E-state index is 12.0. The summed E-state index contributed by atoms with van der Waals surface area (Å²) in [6.07, 6.45) is 0. The monoisotopic (exact) mass is 312 g/mol. The van der Waals surface area contributed by atoms with E-state index in [-0.39, 0.29) is 5.91 Å². The number of carbonyl (C=O) groups is 1. The number of likely N-dealkylation sites (N-methyl/N-ethyl adjacent to an activating group) is 1. The van der Waals surface area contributed by atoms with E-state index < -0.39 is 0 Å². The summed E-state index contributed by atoms with van der Waals surface area (Å²) in [7, 11) is 1.91. The summed E-state index contributed by atoms with van der Waals surface area (Å²) in [5.74, 6) is 0.842. The van der Waals surface area contributed by atoms with Crippen molar-refractivity contribution in [3.8, 4) is 5.75 Å². The van der Waals surface area contributed by atoms with Crippen molar-refractivity contribution >= 4 is 11.6 Å². The SMILES string of the molecule is Cc1ccc(NC(=O)CN(C)CCOc2cccc(C)c2)cc1. The zero-order chi connectivity index (χ0) is 16.7. The minimum absolute atomic E-state index is 0.0214. The van der Waals surface area contributed by atoms with Gasteiger partial charge in [0.2, 0.25) is 5.91 Å². The topological polar surface area (TPSA) is 41.6 Å². The van der Waals surface area contributed by atoms with Crippen LogP contribution in [-0.4, -0.2) is 37.6 Å². The summed E-state index contributed by atoms with van der Waals surface area (Å²) in [6, 6.07) is 15.7. The summed E-state index contributed by atoms with van der Waals surface area (Å²) in [5.41, 5.74) is 3.17. The third kappa shape index (κ3) is 6.12. The first-order chi connectivity index (χ1) is 11.0. The van der Waals surface area contributed by atoms with Crippen LogP contribution >= 0.6 is 0 Å². The molecule has 0 unspecified atom stereocenters. The molecule has 2 aromatic rings. The van der Waals surface area contributed by atoms with Gasteiger partial charge in [0.15, 0.2) is 0 Å². The molecule has 122 valence electrons. The molecule has 0 radical (unpaired) electrons. The van der Waals surface area contributed by atoms with Crippen LogP contribution in [0.4, 0.5) is 5.69 Å². The Morgan fingerprint density at radius 1 is 1.09 bits per heavy atom. The predicted octanol–water partition coefficient (Wildman–Crippen LogP) is 3.25. The molecule has 1 N–H and O–H groups in total. The maximum Gasteiger partial charge on any atom is 0.238 e. The number of aryl methyl sites for hydroxylation is 2. The first-order valence-electron chi connectivity index (χ1n) is 7.77. The van der Waals surface area contributed by atoms with Crippen LogP contribution in [0.1, 0.15) is 11.1 Å². The number of hydrogen-bond donors (Lipinski definition) is 1.